The first-order chi connectivity index (χ1) is 6.83. The zero-order valence-corrected chi connectivity index (χ0v) is 7.94. The summed E-state index contributed by atoms with van der Waals surface area (Å²) in [5.74, 6) is 0. The van der Waals surface area contributed by atoms with Crippen molar-refractivity contribution < 1.29 is 0 Å². The molecular formula is C10H6ClN3. The molecule has 2 aromatic heterocycles. The van der Waals surface area contributed by atoms with Crippen molar-refractivity contribution in [1.82, 2.24) is 14.6 Å². The summed E-state index contributed by atoms with van der Waals surface area (Å²) in [6.45, 7) is 0. The van der Waals surface area contributed by atoms with Crippen molar-refractivity contribution in [1.29, 1.82) is 0 Å². The van der Waals surface area contributed by atoms with Gasteiger partial charge in [-0.2, -0.15) is 5.10 Å². The summed E-state index contributed by atoms with van der Waals surface area (Å²) in [5.41, 5.74) is 2.87. The number of halogens is 1. The van der Waals surface area contributed by atoms with Gasteiger partial charge in [0, 0.05) is 5.57 Å². The first-order valence-corrected chi connectivity index (χ1v) is 4.61. The molecule has 3 nitrogen and oxygen atoms in total. The third-order valence-corrected chi connectivity index (χ3v) is 2.34. The number of hydrogen-bond acceptors (Lipinski definition) is 2. The average molecular weight is 204 g/mol. The van der Waals surface area contributed by atoms with Crippen LogP contribution in [0.5, 0.6) is 0 Å². The third kappa shape index (κ3) is 1.06. The van der Waals surface area contributed by atoms with Crippen LogP contribution in [0.2, 0.25) is 5.15 Å². The average Bonchev–Trinajstić information content (AvgIpc) is 2.43. The lowest BCUT2D eigenvalue weighted by molar-refractivity contribution is 0.936. The van der Waals surface area contributed by atoms with Crippen LogP contribution in [-0.2, 0) is 0 Å². The van der Waals surface area contributed by atoms with E-state index >= 15 is 0 Å². The van der Waals surface area contributed by atoms with Crippen molar-refractivity contribution in [2.45, 2.75) is 0 Å². The summed E-state index contributed by atoms with van der Waals surface area (Å²) in [7, 11) is 0. The van der Waals surface area contributed by atoms with Gasteiger partial charge in [0.2, 0.25) is 0 Å². The van der Waals surface area contributed by atoms with Crippen molar-refractivity contribution >= 4 is 22.8 Å². The van der Waals surface area contributed by atoms with Gasteiger partial charge in [-0.1, -0.05) is 29.8 Å². The first kappa shape index (κ1) is 7.76. The molecule has 0 amide bonds. The van der Waals surface area contributed by atoms with Crippen molar-refractivity contribution in [2.24, 2.45) is 0 Å². The molecule has 0 spiro atoms. The van der Waals surface area contributed by atoms with Crippen molar-refractivity contribution in [3.05, 3.63) is 47.4 Å². The quantitative estimate of drug-likeness (QED) is 0.712. The number of imidazole rings is 1. The molecule has 0 saturated carbocycles. The Hall–Kier alpha value is -1.61. The second kappa shape index (κ2) is 2.69. The summed E-state index contributed by atoms with van der Waals surface area (Å²) >= 11 is 5.77. The number of rotatable bonds is 1. The van der Waals surface area contributed by atoms with E-state index in [1.807, 2.05) is 30.5 Å². The Bertz CT molecular complexity index is 566. The molecule has 14 heavy (non-hydrogen) atoms. The smallest absolute Gasteiger partial charge is 0.154 e. The molecule has 0 unspecified atom stereocenters. The predicted octanol–water partition coefficient (Wildman–Crippen LogP) is 2.34. The summed E-state index contributed by atoms with van der Waals surface area (Å²) in [6, 6.07) is 3.58. The minimum Gasteiger partial charge on any atom is -0.227 e. The fourth-order valence-electron chi connectivity index (χ4n) is 1.36. The number of aromatic nitrogens is 3. The monoisotopic (exact) mass is 203 g/mol. The van der Waals surface area contributed by atoms with Crippen molar-refractivity contribution in [3.8, 4) is 0 Å². The van der Waals surface area contributed by atoms with Crippen LogP contribution < -0.4 is 0 Å². The van der Waals surface area contributed by atoms with Gasteiger partial charge in [-0.3, -0.25) is 0 Å². The highest BCUT2D eigenvalue weighted by Gasteiger charge is 2.07. The van der Waals surface area contributed by atoms with Crippen LogP contribution in [0.25, 0.3) is 11.2 Å². The molecule has 0 atom stereocenters. The van der Waals surface area contributed by atoms with Crippen LogP contribution in [-0.4, -0.2) is 14.6 Å². The Morgan fingerprint density at radius 3 is 2.86 bits per heavy atom. The van der Waals surface area contributed by atoms with E-state index in [1.165, 1.54) is 0 Å². The Morgan fingerprint density at radius 1 is 1.29 bits per heavy atom. The van der Waals surface area contributed by atoms with E-state index in [2.05, 4.69) is 10.1 Å². The SMILES string of the molecule is Clc1ccc2nc(C3=CC=C3)cn2n1. The van der Waals surface area contributed by atoms with Gasteiger partial charge in [0.05, 0.1) is 11.9 Å². The number of nitrogens with zero attached hydrogens (tertiary/aromatic N) is 3. The molecule has 0 aliphatic heterocycles. The van der Waals surface area contributed by atoms with Crippen LogP contribution in [0.1, 0.15) is 5.69 Å². The summed E-state index contributed by atoms with van der Waals surface area (Å²) in [4.78, 5) is 4.40. The van der Waals surface area contributed by atoms with Crippen molar-refractivity contribution in [3.63, 3.8) is 0 Å². The minimum absolute atomic E-state index is 0.472. The van der Waals surface area contributed by atoms with Crippen LogP contribution in [0, 0.1) is 0 Å². The number of fused-ring (bicyclic) bond motifs is 1. The predicted molar refractivity (Wildman–Crippen MR) is 55.1 cm³/mol. The summed E-state index contributed by atoms with van der Waals surface area (Å²) < 4.78 is 1.69. The van der Waals surface area contributed by atoms with Gasteiger partial charge in [0.15, 0.2) is 5.65 Å². The zero-order chi connectivity index (χ0) is 9.54. The van der Waals surface area contributed by atoms with Crippen LogP contribution in [0.4, 0.5) is 0 Å². The maximum absolute atomic E-state index is 5.77. The standard InChI is InChI=1S/C10H6ClN3/c11-9-4-5-10-12-8(6-14(10)13-9)7-2-1-3-7/h1-6H. The van der Waals surface area contributed by atoms with E-state index in [1.54, 1.807) is 10.6 Å². The summed E-state index contributed by atoms with van der Waals surface area (Å²) in [5, 5.41) is 4.58. The molecule has 4 heteroatoms. The molecule has 0 aromatic carbocycles. The lowest BCUT2D eigenvalue weighted by atomic mass is 10.1. The van der Waals surface area contributed by atoms with Gasteiger partial charge >= 0.3 is 0 Å². The van der Waals surface area contributed by atoms with E-state index in [9.17, 15) is 0 Å². The van der Waals surface area contributed by atoms with Crippen LogP contribution >= 0.6 is 11.6 Å². The largest absolute Gasteiger partial charge is 0.227 e. The lowest BCUT2D eigenvalue weighted by Crippen LogP contribution is -1.88. The molecule has 0 fully saturated rings. The van der Waals surface area contributed by atoms with Crippen molar-refractivity contribution in [2.75, 3.05) is 0 Å². The van der Waals surface area contributed by atoms with Crippen LogP contribution in [0.3, 0.4) is 0 Å². The normalized spacial score (nSPS) is 14.2. The fourth-order valence-corrected chi connectivity index (χ4v) is 1.51. The van der Waals surface area contributed by atoms with Crippen LogP contribution in [0.15, 0.2) is 36.6 Å². The number of hydrogen-bond donors (Lipinski definition) is 0. The van der Waals surface area contributed by atoms with E-state index in [-0.39, 0.29) is 0 Å². The highest BCUT2D eigenvalue weighted by molar-refractivity contribution is 6.29. The van der Waals surface area contributed by atoms with Gasteiger partial charge < -0.3 is 0 Å². The molecule has 68 valence electrons. The second-order valence-corrected chi connectivity index (χ2v) is 3.45. The molecule has 2 heterocycles. The van der Waals surface area contributed by atoms with E-state index < -0.39 is 0 Å². The minimum atomic E-state index is 0.472. The van der Waals surface area contributed by atoms with Gasteiger partial charge in [-0.05, 0) is 12.1 Å². The molecule has 0 saturated heterocycles. The summed E-state index contributed by atoms with van der Waals surface area (Å²) in [6.07, 6.45) is 7.89. The molecular weight excluding hydrogens is 198 g/mol. The highest BCUT2D eigenvalue weighted by atomic mass is 35.5. The van der Waals surface area contributed by atoms with Gasteiger partial charge in [-0.25, -0.2) is 9.50 Å². The molecule has 3 rings (SSSR count). The second-order valence-electron chi connectivity index (χ2n) is 3.07. The zero-order valence-electron chi connectivity index (χ0n) is 7.18. The Balaban J connectivity index is 2.20. The number of allylic oxidation sites excluding steroid dienone is 4. The maximum atomic E-state index is 5.77. The lowest BCUT2D eigenvalue weighted by Gasteiger charge is -2.00. The first-order valence-electron chi connectivity index (χ1n) is 4.23. The van der Waals surface area contributed by atoms with Gasteiger partial charge in [0.1, 0.15) is 5.15 Å². The molecule has 1 aliphatic rings. The highest BCUT2D eigenvalue weighted by Crippen LogP contribution is 2.21. The molecule has 0 radical (unpaired) electrons. The fraction of sp³-hybridized carbons (Fsp3) is 0. The molecule has 1 aliphatic carbocycles. The van der Waals surface area contributed by atoms with E-state index in [4.69, 9.17) is 11.6 Å². The van der Waals surface area contributed by atoms with E-state index in [0.29, 0.717) is 5.15 Å². The topological polar surface area (TPSA) is 30.2 Å². The maximum Gasteiger partial charge on any atom is 0.154 e. The Morgan fingerprint density at radius 2 is 2.14 bits per heavy atom. The molecule has 2 aromatic rings. The Kier molecular flexibility index (Phi) is 1.49. The third-order valence-electron chi connectivity index (χ3n) is 2.13. The van der Waals surface area contributed by atoms with Gasteiger partial charge in [-0.15, -0.1) is 0 Å². The Labute approximate surface area is 85.3 Å². The molecule has 0 bridgehead atoms. The van der Waals surface area contributed by atoms with E-state index in [0.717, 1.165) is 16.9 Å². The molecule has 0 N–H and O–H groups in total. The van der Waals surface area contributed by atoms with Gasteiger partial charge in [0.25, 0.3) is 0 Å².